The number of aryl methyl sites for hydroxylation is 1. The Balaban J connectivity index is 1.31. The number of fused-ring (bicyclic) bond motifs is 1. The topological polar surface area (TPSA) is 68.2 Å². The number of nitrogens with zero attached hydrogens (tertiary/aromatic N) is 1. The van der Waals surface area contributed by atoms with Crippen molar-refractivity contribution in [3.05, 3.63) is 143 Å². The van der Waals surface area contributed by atoms with Crippen LogP contribution in [-0.4, -0.2) is 28.7 Å². The Morgan fingerprint density at radius 1 is 0.720 bits per heavy atom. The number of rotatable bonds is 21. The number of ketones is 1. The molecule has 0 aliphatic rings. The molecule has 0 unspecified atom stereocenters. The number of carbonyl (C=O) groups is 3. The van der Waals surface area contributed by atoms with Gasteiger partial charge in [-0.15, -0.1) is 0 Å². The normalized spacial score (nSPS) is 12.3. The second-order valence-corrected chi connectivity index (χ2v) is 12.8. The molecular weight excluding hydrogens is 640 g/mol. The summed E-state index contributed by atoms with van der Waals surface area (Å²) in [6.45, 7) is 6.51. The van der Waals surface area contributed by atoms with Crippen LogP contribution in [0.4, 0.5) is 0 Å². The number of halogens is 1. The van der Waals surface area contributed by atoms with Crippen molar-refractivity contribution in [3.8, 4) is 0 Å². The van der Waals surface area contributed by atoms with Crippen LogP contribution in [0.3, 0.4) is 0 Å². The van der Waals surface area contributed by atoms with Gasteiger partial charge in [0.2, 0.25) is 5.91 Å². The summed E-state index contributed by atoms with van der Waals surface area (Å²) < 4.78 is 1.69. The number of allylic oxidation sites excluding steroid dienone is 12. The van der Waals surface area contributed by atoms with E-state index in [2.05, 4.69) is 79.1 Å². The van der Waals surface area contributed by atoms with Crippen molar-refractivity contribution in [1.29, 1.82) is 0 Å². The van der Waals surface area contributed by atoms with Gasteiger partial charge in [-0.3, -0.25) is 19.0 Å². The zero-order valence-electron chi connectivity index (χ0n) is 30.0. The first kappa shape index (κ1) is 40.0. The van der Waals surface area contributed by atoms with Gasteiger partial charge < -0.3 is 5.32 Å². The third kappa shape index (κ3) is 14.2. The maximum absolute atomic E-state index is 13.5. The van der Waals surface area contributed by atoms with E-state index >= 15 is 0 Å². The minimum atomic E-state index is -0.154. The van der Waals surface area contributed by atoms with Gasteiger partial charge in [0.1, 0.15) is 5.78 Å². The van der Waals surface area contributed by atoms with Crippen LogP contribution in [0.5, 0.6) is 0 Å². The molecule has 1 N–H and O–H groups in total. The number of hydrogen-bond donors (Lipinski definition) is 1. The van der Waals surface area contributed by atoms with Crippen LogP contribution in [0.2, 0.25) is 5.02 Å². The number of benzene rings is 2. The number of hydrogen-bond acceptors (Lipinski definition) is 3. The van der Waals surface area contributed by atoms with Crippen LogP contribution in [0.1, 0.15) is 98.3 Å². The molecule has 0 aliphatic heterocycles. The van der Waals surface area contributed by atoms with E-state index in [1.807, 2.05) is 38.1 Å². The number of aromatic nitrogens is 1. The smallest absolute Gasteiger partial charge is 0.262 e. The standard InChI is InChI=1S/C44H53ClN2O3/c1-4-5-6-7-8-9-10-11-12-13-14-15-16-17-18-19-20-21-22-25-43(49)46-32-23-24-39(48)34-40-36(3)47(42-31-26-35(2)33-41(40)42)44(50)37-27-29-38(45)30-28-37/h5-6,8-9,11-12,14-15,17-18,20-21,26-31,33H,4,7,10,13,16,19,22-25,32,34H2,1-3H3,(H,46,49)/b6-5-,9-8-,12-11-,15-14-,18-17-,21-20-. The maximum Gasteiger partial charge on any atom is 0.262 e. The Kier molecular flexibility index (Phi) is 18.4. The lowest BCUT2D eigenvalue weighted by Gasteiger charge is -2.08. The first-order valence-corrected chi connectivity index (χ1v) is 18.3. The summed E-state index contributed by atoms with van der Waals surface area (Å²) in [6.07, 6.45) is 34.1. The zero-order chi connectivity index (χ0) is 36.0. The van der Waals surface area contributed by atoms with Crippen LogP contribution < -0.4 is 5.32 Å². The summed E-state index contributed by atoms with van der Waals surface area (Å²) in [5.41, 5.74) is 4.02. The SMILES string of the molecule is CC/C=C\C/C=C\C/C=C\C/C=C\C/C=C\C/C=C\CCC(=O)NCCCC(=O)Cc1c(C)n(C(=O)c2ccc(Cl)cc2)c2ccc(C)cc12. The Morgan fingerprint density at radius 3 is 1.86 bits per heavy atom. The largest absolute Gasteiger partial charge is 0.356 e. The van der Waals surface area contributed by atoms with Crippen molar-refractivity contribution in [1.82, 2.24) is 9.88 Å². The molecule has 50 heavy (non-hydrogen) atoms. The van der Waals surface area contributed by atoms with Crippen molar-refractivity contribution < 1.29 is 14.4 Å². The van der Waals surface area contributed by atoms with E-state index in [9.17, 15) is 14.4 Å². The maximum atomic E-state index is 13.5. The second-order valence-electron chi connectivity index (χ2n) is 12.4. The summed E-state index contributed by atoms with van der Waals surface area (Å²) >= 11 is 6.03. The Morgan fingerprint density at radius 2 is 1.28 bits per heavy atom. The highest BCUT2D eigenvalue weighted by atomic mass is 35.5. The van der Waals surface area contributed by atoms with Gasteiger partial charge in [-0.2, -0.15) is 0 Å². The van der Waals surface area contributed by atoms with Crippen molar-refractivity contribution in [2.45, 2.75) is 91.4 Å². The molecule has 1 amide bonds. The van der Waals surface area contributed by atoms with Gasteiger partial charge in [0, 0.05) is 47.5 Å². The molecule has 5 nitrogen and oxygen atoms in total. The van der Waals surface area contributed by atoms with E-state index in [4.69, 9.17) is 11.6 Å². The Hall–Kier alpha value is -4.48. The average Bonchev–Trinajstić information content (AvgIpc) is 3.37. The van der Waals surface area contributed by atoms with E-state index in [-0.39, 0.29) is 24.0 Å². The molecular formula is C44H53ClN2O3. The minimum Gasteiger partial charge on any atom is -0.356 e. The lowest BCUT2D eigenvalue weighted by atomic mass is 10.0. The van der Waals surface area contributed by atoms with Crippen molar-refractivity contribution in [3.63, 3.8) is 0 Å². The van der Waals surface area contributed by atoms with Crippen LogP contribution in [0.25, 0.3) is 10.9 Å². The van der Waals surface area contributed by atoms with Crippen LogP contribution in [0, 0.1) is 13.8 Å². The van der Waals surface area contributed by atoms with Crippen molar-refractivity contribution >= 4 is 40.1 Å². The highest BCUT2D eigenvalue weighted by molar-refractivity contribution is 6.30. The molecule has 0 saturated heterocycles. The second kappa shape index (κ2) is 23.0. The number of amides is 1. The van der Waals surface area contributed by atoms with E-state index < -0.39 is 0 Å². The fraction of sp³-hybridized carbons (Fsp3) is 0.341. The molecule has 0 saturated carbocycles. The third-order valence-electron chi connectivity index (χ3n) is 8.25. The van der Waals surface area contributed by atoms with Gasteiger partial charge in [-0.1, -0.05) is 103 Å². The molecule has 0 aliphatic carbocycles. The molecule has 3 aromatic rings. The molecule has 3 rings (SSSR count). The summed E-state index contributed by atoms with van der Waals surface area (Å²) in [5, 5.41) is 4.42. The van der Waals surface area contributed by atoms with Gasteiger partial charge in [-0.25, -0.2) is 0 Å². The van der Waals surface area contributed by atoms with Gasteiger partial charge in [0.25, 0.3) is 5.91 Å². The highest BCUT2D eigenvalue weighted by Crippen LogP contribution is 2.29. The van der Waals surface area contributed by atoms with Gasteiger partial charge in [0.15, 0.2) is 0 Å². The predicted molar refractivity (Wildman–Crippen MR) is 211 cm³/mol. The quantitative estimate of drug-likeness (QED) is 0.0892. The molecule has 0 radical (unpaired) electrons. The Bertz CT molecular complexity index is 1720. The minimum absolute atomic E-state index is 0.00733. The van der Waals surface area contributed by atoms with Crippen LogP contribution in [-0.2, 0) is 16.0 Å². The predicted octanol–water partition coefficient (Wildman–Crippen LogP) is 11.1. The van der Waals surface area contributed by atoms with E-state index in [0.29, 0.717) is 42.8 Å². The zero-order valence-corrected chi connectivity index (χ0v) is 30.8. The number of Topliss-reactive ketones (excluding diaryl/α,β-unsaturated/α-hetero) is 1. The van der Waals surface area contributed by atoms with Crippen LogP contribution in [0.15, 0.2) is 115 Å². The first-order chi connectivity index (χ1) is 24.3. The summed E-state index contributed by atoms with van der Waals surface area (Å²) in [7, 11) is 0. The van der Waals surface area contributed by atoms with Crippen molar-refractivity contribution in [2.75, 3.05) is 6.54 Å². The fourth-order valence-corrected chi connectivity index (χ4v) is 5.67. The average molecular weight is 693 g/mol. The monoisotopic (exact) mass is 692 g/mol. The van der Waals surface area contributed by atoms with Gasteiger partial charge in [0.05, 0.1) is 5.52 Å². The first-order valence-electron chi connectivity index (χ1n) is 17.9. The van der Waals surface area contributed by atoms with Gasteiger partial charge in [-0.05, 0) is 107 Å². The van der Waals surface area contributed by atoms with Crippen LogP contribution >= 0.6 is 11.6 Å². The molecule has 2 aromatic carbocycles. The summed E-state index contributed by atoms with van der Waals surface area (Å²) in [6, 6.07) is 12.8. The summed E-state index contributed by atoms with van der Waals surface area (Å²) in [4.78, 5) is 38.8. The molecule has 0 bridgehead atoms. The summed E-state index contributed by atoms with van der Waals surface area (Å²) in [5.74, 6) is -0.0784. The highest BCUT2D eigenvalue weighted by Gasteiger charge is 2.21. The Labute approximate surface area is 304 Å². The van der Waals surface area contributed by atoms with E-state index in [0.717, 1.165) is 66.2 Å². The fourth-order valence-electron chi connectivity index (χ4n) is 5.54. The molecule has 6 heteroatoms. The molecule has 0 atom stereocenters. The lowest BCUT2D eigenvalue weighted by molar-refractivity contribution is -0.121. The third-order valence-corrected chi connectivity index (χ3v) is 8.50. The van der Waals surface area contributed by atoms with Crippen molar-refractivity contribution in [2.24, 2.45) is 0 Å². The molecule has 0 fully saturated rings. The molecule has 1 aromatic heterocycles. The van der Waals surface area contributed by atoms with E-state index in [1.54, 1.807) is 28.8 Å². The molecule has 0 spiro atoms. The van der Waals surface area contributed by atoms with Gasteiger partial charge >= 0.3 is 0 Å². The van der Waals surface area contributed by atoms with E-state index in [1.165, 1.54) is 0 Å². The number of nitrogens with one attached hydrogen (secondary N) is 1. The molecule has 1 heterocycles. The number of carbonyl (C=O) groups excluding carboxylic acids is 3. The lowest BCUT2D eigenvalue weighted by Crippen LogP contribution is -2.24. The molecule has 264 valence electrons.